The first-order valence-electron chi connectivity index (χ1n) is 6.33. The van der Waals surface area contributed by atoms with E-state index < -0.39 is 0 Å². The molecule has 1 heterocycles. The topological polar surface area (TPSA) is 49.6 Å². The van der Waals surface area contributed by atoms with E-state index in [-0.39, 0.29) is 5.92 Å². The van der Waals surface area contributed by atoms with E-state index in [1.165, 1.54) is 18.0 Å². The maximum Gasteiger partial charge on any atom is 0.170 e. The summed E-state index contributed by atoms with van der Waals surface area (Å²) in [5.74, 6) is 0.866. The van der Waals surface area contributed by atoms with E-state index in [0.29, 0.717) is 16.6 Å². The largest absolute Gasteiger partial charge is 0.216 e. The van der Waals surface area contributed by atoms with Crippen LogP contribution in [0.3, 0.4) is 0 Å². The number of hydrogen-bond acceptors (Lipinski definition) is 5. The molecular weight excluding hydrogens is 262 g/mol. The van der Waals surface area contributed by atoms with E-state index in [1.807, 2.05) is 0 Å². The van der Waals surface area contributed by atoms with Crippen LogP contribution in [0.4, 0.5) is 0 Å². The molecule has 98 valence electrons. The number of nitriles is 1. The minimum atomic E-state index is 0.164. The van der Waals surface area contributed by atoms with E-state index in [2.05, 4.69) is 36.2 Å². The average molecular weight is 281 g/mol. The lowest BCUT2D eigenvalue weighted by atomic mass is 9.70. The number of hydrogen-bond donors (Lipinski definition) is 0. The molecule has 0 N–H and O–H groups in total. The Labute approximate surface area is 117 Å². The molecule has 3 unspecified atom stereocenters. The molecule has 0 spiro atoms. The van der Waals surface area contributed by atoms with E-state index in [4.69, 9.17) is 0 Å². The standard InChI is InChI=1S/C13H19N3S2/c1-13(2,3)10-5-4-9(7-14)11(6-10)17-12-15-8-16-18-12/h8-11H,4-6H2,1-3H3. The first kappa shape index (κ1) is 13.8. The Balaban J connectivity index is 2.07. The zero-order valence-corrected chi connectivity index (χ0v) is 12.7. The second kappa shape index (κ2) is 5.58. The van der Waals surface area contributed by atoms with Crippen molar-refractivity contribution in [3.05, 3.63) is 6.33 Å². The molecule has 0 amide bonds. The Morgan fingerprint density at radius 1 is 1.44 bits per heavy atom. The molecule has 0 bridgehead atoms. The van der Waals surface area contributed by atoms with Gasteiger partial charge in [0.05, 0.1) is 12.0 Å². The van der Waals surface area contributed by atoms with Gasteiger partial charge < -0.3 is 0 Å². The highest BCUT2D eigenvalue weighted by molar-refractivity contribution is 8.01. The summed E-state index contributed by atoms with van der Waals surface area (Å²) in [5.41, 5.74) is 0.334. The summed E-state index contributed by atoms with van der Waals surface area (Å²) in [5, 5.41) is 9.66. The van der Waals surface area contributed by atoms with Crippen LogP contribution in [0.25, 0.3) is 0 Å². The Morgan fingerprint density at radius 2 is 2.22 bits per heavy atom. The molecule has 18 heavy (non-hydrogen) atoms. The summed E-state index contributed by atoms with van der Waals surface area (Å²) in [6.45, 7) is 6.91. The maximum absolute atomic E-state index is 9.28. The minimum absolute atomic E-state index is 0.164. The fraction of sp³-hybridized carbons (Fsp3) is 0.769. The van der Waals surface area contributed by atoms with Gasteiger partial charge in [-0.1, -0.05) is 32.5 Å². The van der Waals surface area contributed by atoms with Gasteiger partial charge in [0.1, 0.15) is 6.33 Å². The molecule has 0 aliphatic heterocycles. The van der Waals surface area contributed by atoms with Gasteiger partial charge >= 0.3 is 0 Å². The van der Waals surface area contributed by atoms with Crippen LogP contribution in [0, 0.1) is 28.6 Å². The Bertz CT molecular complexity index is 416. The van der Waals surface area contributed by atoms with E-state index in [9.17, 15) is 5.26 Å². The molecule has 0 radical (unpaired) electrons. The summed E-state index contributed by atoms with van der Waals surface area (Å²) in [7, 11) is 0. The van der Waals surface area contributed by atoms with E-state index >= 15 is 0 Å². The van der Waals surface area contributed by atoms with Crippen molar-refractivity contribution in [1.29, 1.82) is 5.26 Å². The van der Waals surface area contributed by atoms with Crippen LogP contribution >= 0.6 is 23.3 Å². The highest BCUT2D eigenvalue weighted by Gasteiger charge is 2.36. The van der Waals surface area contributed by atoms with Gasteiger partial charge in [0.15, 0.2) is 4.34 Å². The summed E-state index contributed by atoms with van der Waals surface area (Å²) >= 11 is 3.18. The molecule has 1 aliphatic carbocycles. The van der Waals surface area contributed by atoms with Crippen LogP contribution in [-0.2, 0) is 0 Å². The summed E-state index contributed by atoms with van der Waals surface area (Å²) < 4.78 is 5.03. The second-order valence-corrected chi connectivity index (χ2v) is 8.24. The predicted molar refractivity (Wildman–Crippen MR) is 75.5 cm³/mol. The number of thioether (sulfide) groups is 1. The van der Waals surface area contributed by atoms with Gasteiger partial charge in [-0.15, -0.1) is 0 Å². The number of nitrogens with zero attached hydrogens (tertiary/aromatic N) is 3. The van der Waals surface area contributed by atoms with Crippen molar-refractivity contribution >= 4 is 23.3 Å². The first-order valence-corrected chi connectivity index (χ1v) is 7.99. The monoisotopic (exact) mass is 281 g/mol. The van der Waals surface area contributed by atoms with Gasteiger partial charge in [-0.25, -0.2) is 4.98 Å². The third kappa shape index (κ3) is 3.24. The molecule has 1 saturated carbocycles. The molecule has 3 atom stereocenters. The van der Waals surface area contributed by atoms with E-state index in [0.717, 1.165) is 17.2 Å². The van der Waals surface area contributed by atoms with Crippen molar-refractivity contribution in [3.8, 4) is 6.07 Å². The molecule has 1 fully saturated rings. The zero-order chi connectivity index (χ0) is 13.2. The molecule has 0 aromatic carbocycles. The SMILES string of the molecule is CC(C)(C)C1CCC(C#N)C(Sc2ncns2)C1. The van der Waals surface area contributed by atoms with Gasteiger partial charge in [-0.2, -0.15) is 9.64 Å². The number of rotatable bonds is 2. The Morgan fingerprint density at radius 3 is 2.78 bits per heavy atom. The molecule has 3 nitrogen and oxygen atoms in total. The Hall–Kier alpha value is -0.600. The second-order valence-electron chi connectivity index (χ2n) is 5.98. The van der Waals surface area contributed by atoms with Gasteiger partial charge in [0.2, 0.25) is 0 Å². The summed E-state index contributed by atoms with van der Waals surface area (Å²) in [6, 6.07) is 2.47. The minimum Gasteiger partial charge on any atom is -0.216 e. The van der Waals surface area contributed by atoms with Crippen LogP contribution in [0.2, 0.25) is 0 Å². The van der Waals surface area contributed by atoms with E-state index in [1.54, 1.807) is 18.1 Å². The summed E-state index contributed by atoms with van der Waals surface area (Å²) in [6.07, 6.45) is 4.91. The third-order valence-electron chi connectivity index (χ3n) is 3.78. The predicted octanol–water partition coefficient (Wildman–Crippen LogP) is 3.98. The van der Waals surface area contributed by atoms with Crippen molar-refractivity contribution in [2.45, 2.75) is 49.6 Å². The van der Waals surface area contributed by atoms with Crippen LogP contribution in [0.15, 0.2) is 10.7 Å². The smallest absolute Gasteiger partial charge is 0.170 e. The van der Waals surface area contributed by atoms with Crippen molar-refractivity contribution in [3.63, 3.8) is 0 Å². The molecule has 1 aromatic rings. The van der Waals surface area contributed by atoms with Gasteiger partial charge in [0, 0.05) is 5.25 Å². The van der Waals surface area contributed by atoms with Gasteiger partial charge in [-0.3, -0.25) is 0 Å². The zero-order valence-electron chi connectivity index (χ0n) is 11.1. The van der Waals surface area contributed by atoms with Crippen LogP contribution in [0.1, 0.15) is 40.0 Å². The molecular formula is C13H19N3S2. The molecule has 5 heteroatoms. The molecule has 2 rings (SSSR count). The molecule has 1 aliphatic rings. The lowest BCUT2D eigenvalue weighted by Gasteiger charge is -2.39. The lowest BCUT2D eigenvalue weighted by Crippen LogP contribution is -2.32. The van der Waals surface area contributed by atoms with Crippen molar-refractivity contribution in [2.75, 3.05) is 0 Å². The normalized spacial score (nSPS) is 28.9. The molecule has 0 saturated heterocycles. The average Bonchev–Trinajstić information content (AvgIpc) is 2.80. The van der Waals surface area contributed by atoms with Crippen molar-refractivity contribution in [2.24, 2.45) is 17.3 Å². The maximum atomic E-state index is 9.28. The fourth-order valence-corrected chi connectivity index (χ4v) is 4.55. The van der Waals surface area contributed by atoms with Crippen LogP contribution < -0.4 is 0 Å². The molecule has 1 aromatic heterocycles. The third-order valence-corrected chi connectivity index (χ3v) is 5.88. The van der Waals surface area contributed by atoms with Crippen LogP contribution in [0.5, 0.6) is 0 Å². The highest BCUT2D eigenvalue weighted by atomic mass is 32.2. The summed E-state index contributed by atoms with van der Waals surface area (Å²) in [4.78, 5) is 4.23. The lowest BCUT2D eigenvalue weighted by molar-refractivity contribution is 0.169. The number of aromatic nitrogens is 2. The first-order chi connectivity index (χ1) is 8.50. The highest BCUT2D eigenvalue weighted by Crippen LogP contribution is 2.45. The van der Waals surface area contributed by atoms with Gasteiger partial charge in [0.25, 0.3) is 0 Å². The quantitative estimate of drug-likeness (QED) is 0.822. The van der Waals surface area contributed by atoms with Gasteiger partial charge in [-0.05, 0) is 42.1 Å². The van der Waals surface area contributed by atoms with Crippen LogP contribution in [-0.4, -0.2) is 14.6 Å². The van der Waals surface area contributed by atoms with Crippen molar-refractivity contribution < 1.29 is 0 Å². The fourth-order valence-electron chi connectivity index (χ4n) is 2.54. The van der Waals surface area contributed by atoms with Crippen molar-refractivity contribution in [1.82, 2.24) is 9.36 Å². The Kier molecular flexibility index (Phi) is 4.29.